The number of rotatable bonds is 3. The third-order valence-electron chi connectivity index (χ3n) is 5.34. The fourth-order valence-corrected chi connectivity index (χ4v) is 4.23. The molecule has 25 heavy (non-hydrogen) atoms. The second-order valence-electron chi connectivity index (χ2n) is 6.59. The average Bonchev–Trinajstić information content (AvgIpc) is 3.08. The minimum Gasteiger partial charge on any atom is -0.313 e. The van der Waals surface area contributed by atoms with Crippen LogP contribution in [0.4, 0.5) is 0 Å². The van der Waals surface area contributed by atoms with Crippen molar-refractivity contribution in [2.45, 2.75) is 24.0 Å². The number of hydrogen-bond acceptors (Lipinski definition) is 4. The van der Waals surface area contributed by atoms with Gasteiger partial charge in [0.15, 0.2) is 0 Å². The highest BCUT2D eigenvalue weighted by atomic mass is 16.6. The van der Waals surface area contributed by atoms with Crippen LogP contribution < -0.4 is 5.32 Å². The Balaban J connectivity index is 1.84. The Labute approximate surface area is 145 Å². The lowest BCUT2D eigenvalue weighted by Gasteiger charge is -2.46. The summed E-state index contributed by atoms with van der Waals surface area (Å²) in [4.78, 5) is 26.0. The number of carbonyl (C=O) groups excluding carboxylic acids is 1. The predicted octanol–water partition coefficient (Wildman–Crippen LogP) is 2.10. The van der Waals surface area contributed by atoms with Gasteiger partial charge in [-0.15, -0.1) is 0 Å². The molecule has 2 aliphatic rings. The van der Waals surface area contributed by atoms with Crippen LogP contribution in [-0.4, -0.2) is 34.9 Å². The summed E-state index contributed by atoms with van der Waals surface area (Å²) in [5.41, 5.74) is 1.13. The number of benzene rings is 2. The zero-order chi connectivity index (χ0) is 17.4. The standard InChI is InChI=1S/C19H19N3O3/c23-18-17(22(24)25)16(14-7-3-1-4-8-14)13-19(20-11-12-21(18)19)15-9-5-2-6-10-15/h1-10,16-17,20H,11-13H2/t16-,17-,19+/m0/s1. The number of piperidine rings is 1. The number of fused-ring (bicyclic) bond motifs is 1. The van der Waals surface area contributed by atoms with E-state index in [-0.39, 0.29) is 0 Å². The van der Waals surface area contributed by atoms with Gasteiger partial charge in [0, 0.05) is 24.4 Å². The van der Waals surface area contributed by atoms with E-state index in [1.165, 1.54) is 0 Å². The van der Waals surface area contributed by atoms with Crippen LogP contribution in [0.15, 0.2) is 60.7 Å². The molecule has 0 saturated carbocycles. The fourth-order valence-electron chi connectivity index (χ4n) is 4.23. The lowest BCUT2D eigenvalue weighted by Crippen LogP contribution is -2.62. The molecule has 1 amide bonds. The molecule has 2 aromatic rings. The van der Waals surface area contributed by atoms with Crippen LogP contribution in [0, 0.1) is 10.1 Å². The molecule has 3 atom stereocenters. The second-order valence-corrected chi connectivity index (χ2v) is 6.59. The van der Waals surface area contributed by atoms with Crippen molar-refractivity contribution in [3.8, 4) is 0 Å². The van der Waals surface area contributed by atoms with Gasteiger partial charge >= 0.3 is 0 Å². The van der Waals surface area contributed by atoms with Gasteiger partial charge in [0.25, 0.3) is 11.9 Å². The van der Waals surface area contributed by atoms with Crippen LogP contribution in [0.25, 0.3) is 0 Å². The van der Waals surface area contributed by atoms with Crippen molar-refractivity contribution in [1.29, 1.82) is 0 Å². The summed E-state index contributed by atoms with van der Waals surface area (Å²) in [6, 6.07) is 17.9. The van der Waals surface area contributed by atoms with Crippen LogP contribution >= 0.6 is 0 Å². The summed E-state index contributed by atoms with van der Waals surface area (Å²) >= 11 is 0. The second kappa shape index (κ2) is 5.97. The van der Waals surface area contributed by atoms with Crippen LogP contribution in [0.2, 0.25) is 0 Å². The summed E-state index contributed by atoms with van der Waals surface area (Å²) in [5.74, 6) is -0.871. The van der Waals surface area contributed by atoms with Crippen molar-refractivity contribution in [1.82, 2.24) is 10.2 Å². The largest absolute Gasteiger partial charge is 0.313 e. The highest BCUT2D eigenvalue weighted by Crippen LogP contribution is 2.45. The maximum absolute atomic E-state index is 13.1. The first-order valence-corrected chi connectivity index (χ1v) is 8.44. The molecule has 1 N–H and O–H groups in total. The third kappa shape index (κ3) is 2.41. The SMILES string of the molecule is O=C1[C@@H]([N+](=O)[O-])[C@H](c2ccccc2)C[C@@]2(c3ccccc3)NCCN12. The number of nitro groups is 1. The molecule has 0 bridgehead atoms. The quantitative estimate of drug-likeness (QED) is 0.687. The van der Waals surface area contributed by atoms with Gasteiger partial charge in [-0.05, 0) is 11.1 Å². The topological polar surface area (TPSA) is 75.5 Å². The first-order valence-electron chi connectivity index (χ1n) is 8.44. The van der Waals surface area contributed by atoms with Gasteiger partial charge in [-0.1, -0.05) is 60.7 Å². The van der Waals surface area contributed by atoms with Crippen molar-refractivity contribution in [2.24, 2.45) is 0 Å². The number of nitrogens with one attached hydrogen (secondary N) is 1. The molecule has 6 nitrogen and oxygen atoms in total. The smallest absolute Gasteiger partial charge is 0.299 e. The van der Waals surface area contributed by atoms with E-state index < -0.39 is 28.5 Å². The number of hydrogen-bond donors (Lipinski definition) is 1. The minimum atomic E-state index is -1.24. The maximum Gasteiger partial charge on any atom is 0.299 e. The van der Waals surface area contributed by atoms with Crippen LogP contribution in [0.5, 0.6) is 0 Å². The van der Waals surface area contributed by atoms with Crippen molar-refractivity contribution in [3.63, 3.8) is 0 Å². The van der Waals surface area contributed by atoms with Gasteiger partial charge in [-0.25, -0.2) is 0 Å². The van der Waals surface area contributed by atoms with Gasteiger partial charge in [0.2, 0.25) is 0 Å². The van der Waals surface area contributed by atoms with E-state index in [1.54, 1.807) is 4.90 Å². The lowest BCUT2D eigenvalue weighted by atomic mass is 9.76. The maximum atomic E-state index is 13.1. The normalized spacial score (nSPS) is 28.6. The molecule has 6 heteroatoms. The highest BCUT2D eigenvalue weighted by Gasteiger charge is 2.58. The van der Waals surface area contributed by atoms with Crippen molar-refractivity contribution in [3.05, 3.63) is 81.9 Å². The number of carbonyl (C=O) groups is 1. The molecule has 0 unspecified atom stereocenters. The average molecular weight is 337 g/mol. The number of amides is 1. The van der Waals surface area contributed by atoms with E-state index in [0.717, 1.165) is 11.1 Å². The molecule has 2 aliphatic heterocycles. The van der Waals surface area contributed by atoms with Gasteiger partial charge in [0.05, 0.1) is 5.92 Å². The fraction of sp³-hybridized carbons (Fsp3) is 0.316. The van der Waals surface area contributed by atoms with E-state index in [9.17, 15) is 14.9 Å². The summed E-state index contributed by atoms with van der Waals surface area (Å²) in [5, 5.41) is 15.2. The van der Waals surface area contributed by atoms with E-state index in [1.807, 2.05) is 60.7 Å². The Hall–Kier alpha value is -2.73. The Bertz CT molecular complexity index is 796. The Kier molecular flexibility index (Phi) is 3.77. The molecule has 4 rings (SSSR count). The van der Waals surface area contributed by atoms with Crippen LogP contribution in [0.1, 0.15) is 23.5 Å². The summed E-state index contributed by atoms with van der Waals surface area (Å²) in [6.07, 6.45) is 0.485. The Morgan fingerprint density at radius 1 is 1.08 bits per heavy atom. The highest BCUT2D eigenvalue weighted by molar-refractivity contribution is 5.84. The monoisotopic (exact) mass is 337 g/mol. The van der Waals surface area contributed by atoms with Gasteiger partial charge in [0.1, 0.15) is 5.66 Å². The molecule has 0 spiro atoms. The molecule has 0 aliphatic carbocycles. The summed E-state index contributed by atoms with van der Waals surface area (Å²) < 4.78 is 0. The molecule has 128 valence electrons. The molecular formula is C19H19N3O3. The first kappa shape index (κ1) is 15.8. The minimum absolute atomic E-state index is 0.404. The van der Waals surface area contributed by atoms with E-state index in [4.69, 9.17) is 0 Å². The zero-order valence-electron chi connectivity index (χ0n) is 13.7. The molecule has 2 heterocycles. The summed E-state index contributed by atoms with van der Waals surface area (Å²) in [6.45, 7) is 1.12. The predicted molar refractivity (Wildman–Crippen MR) is 92.4 cm³/mol. The van der Waals surface area contributed by atoms with Gasteiger partial charge in [-0.3, -0.25) is 20.2 Å². The Morgan fingerprint density at radius 3 is 2.36 bits per heavy atom. The van der Waals surface area contributed by atoms with Gasteiger partial charge in [-0.2, -0.15) is 0 Å². The van der Waals surface area contributed by atoms with E-state index >= 15 is 0 Å². The Morgan fingerprint density at radius 2 is 1.72 bits per heavy atom. The van der Waals surface area contributed by atoms with Crippen molar-refractivity contribution >= 4 is 5.91 Å². The molecular weight excluding hydrogens is 318 g/mol. The zero-order valence-corrected chi connectivity index (χ0v) is 13.7. The van der Waals surface area contributed by atoms with Gasteiger partial charge < -0.3 is 4.90 Å². The molecule has 2 fully saturated rings. The molecule has 0 aromatic heterocycles. The van der Waals surface area contributed by atoms with E-state index in [2.05, 4.69) is 5.32 Å². The molecule has 0 radical (unpaired) electrons. The molecule has 2 aromatic carbocycles. The van der Waals surface area contributed by atoms with Crippen molar-refractivity contribution < 1.29 is 9.72 Å². The van der Waals surface area contributed by atoms with E-state index in [0.29, 0.717) is 19.5 Å². The van der Waals surface area contributed by atoms with Crippen LogP contribution in [-0.2, 0) is 10.5 Å². The molecule has 2 saturated heterocycles. The first-order chi connectivity index (χ1) is 12.1. The summed E-state index contributed by atoms with van der Waals surface area (Å²) in [7, 11) is 0. The number of nitrogens with zero attached hydrogens (tertiary/aromatic N) is 2. The van der Waals surface area contributed by atoms with Crippen LogP contribution in [0.3, 0.4) is 0 Å². The third-order valence-corrected chi connectivity index (χ3v) is 5.34. The van der Waals surface area contributed by atoms with Crippen molar-refractivity contribution in [2.75, 3.05) is 13.1 Å². The lowest BCUT2D eigenvalue weighted by molar-refractivity contribution is -0.516.